The summed E-state index contributed by atoms with van der Waals surface area (Å²) in [6.07, 6.45) is 0. The van der Waals surface area contributed by atoms with E-state index in [1.165, 1.54) is 11.8 Å². The van der Waals surface area contributed by atoms with Crippen LogP contribution < -0.4 is 5.73 Å². The molecule has 2 aromatic rings. The van der Waals surface area contributed by atoms with E-state index in [9.17, 15) is 4.79 Å². The minimum atomic E-state index is 0.0624. The van der Waals surface area contributed by atoms with Crippen molar-refractivity contribution in [2.45, 2.75) is 17.9 Å². The fourth-order valence-electron chi connectivity index (χ4n) is 2.02. The zero-order chi connectivity index (χ0) is 15.2. The molecule has 0 bridgehead atoms. The van der Waals surface area contributed by atoms with Gasteiger partial charge in [-0.25, -0.2) is 0 Å². The Hall–Kier alpha value is -1.94. The molecule has 4 heteroatoms. The standard InChI is InChI=1S/C17H20N2OS/c1-13(14-8-4-3-5-9-14)19(2)17(20)12-21-16-11-7-6-10-15(16)18/h3-11,13H,12,18H2,1-2H3. The number of para-hydroxylation sites is 1. The number of thioether (sulfide) groups is 1. The van der Waals surface area contributed by atoms with Crippen molar-refractivity contribution >= 4 is 23.4 Å². The summed E-state index contributed by atoms with van der Waals surface area (Å²) in [5.74, 6) is 0.488. The number of rotatable bonds is 5. The summed E-state index contributed by atoms with van der Waals surface area (Å²) in [5, 5.41) is 0. The second-order valence-corrected chi connectivity index (χ2v) is 5.93. The molecule has 110 valence electrons. The summed E-state index contributed by atoms with van der Waals surface area (Å²) >= 11 is 1.48. The third kappa shape index (κ3) is 4.02. The van der Waals surface area contributed by atoms with Gasteiger partial charge in [-0.05, 0) is 24.6 Å². The summed E-state index contributed by atoms with van der Waals surface area (Å²) in [4.78, 5) is 15.0. The predicted molar refractivity (Wildman–Crippen MR) is 89.2 cm³/mol. The van der Waals surface area contributed by atoms with Crippen LogP contribution in [0.3, 0.4) is 0 Å². The largest absolute Gasteiger partial charge is 0.398 e. The number of anilines is 1. The summed E-state index contributed by atoms with van der Waals surface area (Å²) in [7, 11) is 1.84. The number of nitrogens with two attached hydrogens (primary N) is 1. The van der Waals surface area contributed by atoms with Crippen molar-refractivity contribution in [3.8, 4) is 0 Å². The molecule has 1 amide bonds. The normalized spacial score (nSPS) is 11.9. The van der Waals surface area contributed by atoms with Gasteiger partial charge in [-0.1, -0.05) is 42.5 Å². The van der Waals surface area contributed by atoms with Crippen LogP contribution in [-0.4, -0.2) is 23.6 Å². The molecule has 0 aromatic heterocycles. The van der Waals surface area contributed by atoms with Gasteiger partial charge in [0.25, 0.3) is 0 Å². The van der Waals surface area contributed by atoms with Gasteiger partial charge in [0.05, 0.1) is 11.8 Å². The number of amides is 1. The first-order chi connectivity index (χ1) is 10.1. The third-order valence-electron chi connectivity index (χ3n) is 3.53. The van der Waals surface area contributed by atoms with Crippen LogP contribution in [0, 0.1) is 0 Å². The summed E-state index contributed by atoms with van der Waals surface area (Å²) in [6, 6.07) is 17.7. The fourth-order valence-corrected chi connectivity index (χ4v) is 2.92. The molecular weight excluding hydrogens is 280 g/mol. The maximum absolute atomic E-state index is 12.3. The number of nitrogens with zero attached hydrogens (tertiary/aromatic N) is 1. The van der Waals surface area contributed by atoms with Crippen molar-refractivity contribution in [3.63, 3.8) is 0 Å². The lowest BCUT2D eigenvalue weighted by Crippen LogP contribution is -2.31. The third-order valence-corrected chi connectivity index (χ3v) is 4.60. The van der Waals surface area contributed by atoms with Crippen molar-refractivity contribution in [1.82, 2.24) is 4.90 Å². The minimum absolute atomic E-state index is 0.0624. The molecule has 0 aliphatic heterocycles. The van der Waals surface area contributed by atoms with Gasteiger partial charge in [-0.3, -0.25) is 4.79 Å². The van der Waals surface area contributed by atoms with Crippen LogP contribution in [0.5, 0.6) is 0 Å². The number of carbonyl (C=O) groups excluding carboxylic acids is 1. The smallest absolute Gasteiger partial charge is 0.233 e. The molecule has 0 aliphatic carbocycles. The number of carbonyl (C=O) groups is 1. The van der Waals surface area contributed by atoms with Crippen molar-refractivity contribution in [2.24, 2.45) is 0 Å². The van der Waals surface area contributed by atoms with E-state index >= 15 is 0 Å². The van der Waals surface area contributed by atoms with Gasteiger partial charge in [0, 0.05) is 17.6 Å². The molecule has 1 unspecified atom stereocenters. The Kier molecular flexibility index (Phi) is 5.28. The molecule has 2 N–H and O–H groups in total. The summed E-state index contributed by atoms with van der Waals surface area (Å²) in [5.41, 5.74) is 7.74. The summed E-state index contributed by atoms with van der Waals surface area (Å²) < 4.78 is 0. The van der Waals surface area contributed by atoms with Gasteiger partial charge in [-0.2, -0.15) is 0 Å². The molecule has 0 saturated heterocycles. The molecule has 3 nitrogen and oxygen atoms in total. The van der Waals surface area contributed by atoms with E-state index < -0.39 is 0 Å². The molecule has 1 atom stereocenters. The highest BCUT2D eigenvalue weighted by Crippen LogP contribution is 2.26. The molecular formula is C17H20N2OS. The lowest BCUT2D eigenvalue weighted by molar-refractivity contribution is -0.128. The minimum Gasteiger partial charge on any atom is -0.398 e. The second kappa shape index (κ2) is 7.18. The van der Waals surface area contributed by atoms with E-state index in [-0.39, 0.29) is 11.9 Å². The Morgan fingerprint density at radius 3 is 2.43 bits per heavy atom. The molecule has 0 radical (unpaired) electrons. The van der Waals surface area contributed by atoms with Crippen LogP contribution in [-0.2, 0) is 4.79 Å². The number of hydrogen-bond donors (Lipinski definition) is 1. The SMILES string of the molecule is CC(c1ccccc1)N(C)C(=O)CSc1ccccc1N. The van der Waals surface area contributed by atoms with E-state index in [0.29, 0.717) is 11.4 Å². The Labute approximate surface area is 130 Å². The first-order valence-corrected chi connectivity index (χ1v) is 7.86. The highest BCUT2D eigenvalue weighted by atomic mass is 32.2. The van der Waals surface area contributed by atoms with E-state index in [2.05, 4.69) is 0 Å². The fraction of sp³-hybridized carbons (Fsp3) is 0.235. The number of benzene rings is 2. The van der Waals surface area contributed by atoms with Crippen molar-refractivity contribution in [1.29, 1.82) is 0 Å². The molecule has 0 spiro atoms. The Morgan fingerprint density at radius 2 is 1.76 bits per heavy atom. The van der Waals surface area contributed by atoms with Gasteiger partial charge in [0.2, 0.25) is 5.91 Å². The number of nitrogen functional groups attached to an aromatic ring is 1. The maximum Gasteiger partial charge on any atom is 0.233 e. The average molecular weight is 300 g/mol. The van der Waals surface area contributed by atoms with Gasteiger partial charge in [0.15, 0.2) is 0 Å². The molecule has 21 heavy (non-hydrogen) atoms. The van der Waals surface area contributed by atoms with E-state index in [0.717, 1.165) is 10.5 Å². The molecule has 0 aliphatic rings. The van der Waals surface area contributed by atoms with Gasteiger partial charge < -0.3 is 10.6 Å². The lowest BCUT2D eigenvalue weighted by Gasteiger charge is -2.25. The zero-order valence-electron chi connectivity index (χ0n) is 12.3. The van der Waals surface area contributed by atoms with Gasteiger partial charge in [0.1, 0.15) is 0 Å². The zero-order valence-corrected chi connectivity index (χ0v) is 13.1. The van der Waals surface area contributed by atoms with E-state index in [4.69, 9.17) is 5.73 Å². The Morgan fingerprint density at radius 1 is 1.14 bits per heavy atom. The predicted octanol–water partition coefficient (Wildman–Crippen LogP) is 3.58. The first-order valence-electron chi connectivity index (χ1n) is 6.87. The second-order valence-electron chi connectivity index (χ2n) is 4.92. The highest BCUT2D eigenvalue weighted by Gasteiger charge is 2.17. The lowest BCUT2D eigenvalue weighted by atomic mass is 10.1. The molecule has 0 fully saturated rings. The van der Waals surface area contributed by atoms with E-state index in [1.54, 1.807) is 4.90 Å². The maximum atomic E-state index is 12.3. The molecule has 2 aromatic carbocycles. The molecule has 0 saturated carbocycles. The number of hydrogen-bond acceptors (Lipinski definition) is 3. The Balaban J connectivity index is 1.95. The van der Waals surface area contributed by atoms with E-state index in [1.807, 2.05) is 68.6 Å². The van der Waals surface area contributed by atoms with Gasteiger partial charge >= 0.3 is 0 Å². The highest BCUT2D eigenvalue weighted by molar-refractivity contribution is 8.00. The molecule has 2 rings (SSSR count). The van der Waals surface area contributed by atoms with Crippen molar-refractivity contribution in [2.75, 3.05) is 18.5 Å². The Bertz CT molecular complexity index is 601. The summed E-state index contributed by atoms with van der Waals surface area (Å²) in [6.45, 7) is 2.04. The van der Waals surface area contributed by atoms with Crippen LogP contribution in [0.2, 0.25) is 0 Å². The average Bonchev–Trinajstić information content (AvgIpc) is 2.53. The molecule has 0 heterocycles. The topological polar surface area (TPSA) is 46.3 Å². The van der Waals surface area contributed by atoms with Crippen molar-refractivity contribution in [3.05, 3.63) is 60.2 Å². The van der Waals surface area contributed by atoms with Crippen LogP contribution >= 0.6 is 11.8 Å². The van der Waals surface area contributed by atoms with Crippen LogP contribution in [0.1, 0.15) is 18.5 Å². The monoisotopic (exact) mass is 300 g/mol. The van der Waals surface area contributed by atoms with Crippen LogP contribution in [0.4, 0.5) is 5.69 Å². The van der Waals surface area contributed by atoms with Gasteiger partial charge in [-0.15, -0.1) is 11.8 Å². The van der Waals surface area contributed by atoms with Crippen LogP contribution in [0.25, 0.3) is 0 Å². The van der Waals surface area contributed by atoms with Crippen molar-refractivity contribution < 1.29 is 4.79 Å². The first kappa shape index (κ1) is 15.4. The quantitative estimate of drug-likeness (QED) is 0.678. The van der Waals surface area contributed by atoms with Crippen LogP contribution in [0.15, 0.2) is 59.5 Å².